The number of hydrogen-bond donors (Lipinski definition) is 0. The number of ether oxygens (including phenoxy) is 1. The van der Waals surface area contributed by atoms with Crippen LogP contribution in [0.3, 0.4) is 0 Å². The van der Waals surface area contributed by atoms with Gasteiger partial charge >= 0.3 is 0 Å². The van der Waals surface area contributed by atoms with Crippen molar-refractivity contribution in [3.63, 3.8) is 0 Å². The molecule has 0 amide bonds. The Labute approximate surface area is 57.7 Å². The molecule has 53 valence electrons. The lowest BCUT2D eigenvalue weighted by Gasteiger charge is -1.95. The van der Waals surface area contributed by atoms with Crippen molar-refractivity contribution in [3.8, 4) is 0 Å². The summed E-state index contributed by atoms with van der Waals surface area (Å²) in [7, 11) is 3.28. The Morgan fingerprint density at radius 2 is 2.00 bits per heavy atom. The van der Waals surface area contributed by atoms with Crippen molar-refractivity contribution in [2.75, 3.05) is 6.61 Å². The van der Waals surface area contributed by atoms with Gasteiger partial charge in [0.15, 0.2) is 0 Å². The van der Waals surface area contributed by atoms with E-state index in [2.05, 4.69) is 18.4 Å². The van der Waals surface area contributed by atoms with Gasteiger partial charge in [0.05, 0.1) is 7.11 Å². The third kappa shape index (κ3) is 7.70. The van der Waals surface area contributed by atoms with Gasteiger partial charge in [-0.05, 0) is 19.3 Å². The molecule has 0 atom stereocenters. The summed E-state index contributed by atoms with van der Waals surface area (Å²) in [5.41, 5.74) is 0. The van der Waals surface area contributed by atoms with Crippen molar-refractivity contribution in [2.45, 2.75) is 25.7 Å². The van der Waals surface area contributed by atoms with Crippen LogP contribution >= 0.6 is 0 Å². The second-order valence-electron chi connectivity index (χ2n) is 2.05. The van der Waals surface area contributed by atoms with Crippen molar-refractivity contribution < 1.29 is 4.74 Å². The molecule has 0 aromatic carbocycles. The monoisotopic (exact) mass is 127 g/mol. The molecule has 0 aromatic rings. The molecule has 1 nitrogen and oxygen atoms in total. The maximum Gasteiger partial charge on any atom is 0.0700 e. The van der Waals surface area contributed by atoms with Crippen molar-refractivity contribution in [3.05, 3.63) is 19.8 Å². The van der Waals surface area contributed by atoms with E-state index in [9.17, 15) is 0 Å². The summed E-state index contributed by atoms with van der Waals surface area (Å²) in [4.78, 5) is 0. The first-order chi connectivity index (χ1) is 4.41. The van der Waals surface area contributed by atoms with Gasteiger partial charge in [-0.3, -0.25) is 0 Å². The third-order valence-electron chi connectivity index (χ3n) is 1.20. The van der Waals surface area contributed by atoms with E-state index < -0.39 is 0 Å². The summed E-state index contributed by atoms with van der Waals surface area (Å²) in [6.45, 7) is 4.42. The van der Waals surface area contributed by atoms with Gasteiger partial charge in [0.2, 0.25) is 0 Å². The molecule has 0 spiro atoms. The number of unbranched alkanes of at least 4 members (excludes halogenated alkanes) is 3. The minimum atomic E-state index is 0.789. The fourth-order valence-corrected chi connectivity index (χ4v) is 0.670. The molecular weight excluding hydrogens is 112 g/mol. The first kappa shape index (κ1) is 8.70. The molecule has 0 unspecified atom stereocenters. The van der Waals surface area contributed by atoms with Crippen LogP contribution < -0.4 is 0 Å². The van der Waals surface area contributed by atoms with Gasteiger partial charge < -0.3 is 4.74 Å². The van der Waals surface area contributed by atoms with E-state index in [4.69, 9.17) is 0 Å². The SMILES string of the molecule is [CH2]OCCCCCC=C. The summed E-state index contributed by atoms with van der Waals surface area (Å²) in [5.74, 6) is 0. The lowest BCUT2D eigenvalue weighted by Crippen LogP contribution is -1.85. The number of allylic oxidation sites excluding steroid dienone is 1. The molecule has 0 N–H and O–H groups in total. The van der Waals surface area contributed by atoms with Crippen LogP contribution in [0.25, 0.3) is 0 Å². The Balaban J connectivity index is 2.66. The lowest BCUT2D eigenvalue weighted by molar-refractivity contribution is 0.234. The van der Waals surface area contributed by atoms with E-state index in [1.165, 1.54) is 12.8 Å². The van der Waals surface area contributed by atoms with Gasteiger partial charge in [0.1, 0.15) is 0 Å². The first-order valence-electron chi connectivity index (χ1n) is 3.39. The van der Waals surface area contributed by atoms with E-state index in [-0.39, 0.29) is 0 Å². The second-order valence-corrected chi connectivity index (χ2v) is 2.05. The molecule has 1 heteroatoms. The highest BCUT2D eigenvalue weighted by atomic mass is 16.5. The third-order valence-corrected chi connectivity index (χ3v) is 1.20. The lowest BCUT2D eigenvalue weighted by atomic mass is 10.2. The summed E-state index contributed by atoms with van der Waals surface area (Å²) in [5, 5.41) is 0. The van der Waals surface area contributed by atoms with E-state index in [0.717, 1.165) is 19.4 Å². The fraction of sp³-hybridized carbons (Fsp3) is 0.625. The van der Waals surface area contributed by atoms with Gasteiger partial charge in [-0.2, -0.15) is 0 Å². The predicted octanol–water partition coefficient (Wildman–Crippen LogP) is 2.54. The Morgan fingerprint density at radius 3 is 2.56 bits per heavy atom. The summed E-state index contributed by atoms with van der Waals surface area (Å²) in [6, 6.07) is 0. The quantitative estimate of drug-likeness (QED) is 0.393. The van der Waals surface area contributed by atoms with E-state index in [1.807, 2.05) is 6.08 Å². The van der Waals surface area contributed by atoms with Gasteiger partial charge in [-0.15, -0.1) is 6.58 Å². The number of rotatable bonds is 6. The molecule has 0 aliphatic carbocycles. The number of hydrogen-bond acceptors (Lipinski definition) is 1. The van der Waals surface area contributed by atoms with Crippen molar-refractivity contribution in [1.29, 1.82) is 0 Å². The Hall–Kier alpha value is -0.300. The van der Waals surface area contributed by atoms with E-state index in [1.54, 1.807) is 0 Å². The molecule has 0 heterocycles. The zero-order chi connectivity index (χ0) is 6.95. The van der Waals surface area contributed by atoms with E-state index >= 15 is 0 Å². The predicted molar refractivity (Wildman–Crippen MR) is 40.0 cm³/mol. The van der Waals surface area contributed by atoms with Gasteiger partial charge in [0, 0.05) is 6.61 Å². The molecule has 0 aliphatic rings. The average Bonchev–Trinajstić information content (AvgIpc) is 1.89. The van der Waals surface area contributed by atoms with Crippen LogP contribution in [0.15, 0.2) is 12.7 Å². The first-order valence-corrected chi connectivity index (χ1v) is 3.39. The average molecular weight is 127 g/mol. The molecule has 0 aliphatic heterocycles. The smallest absolute Gasteiger partial charge is 0.0700 e. The van der Waals surface area contributed by atoms with Crippen LogP contribution in [0.4, 0.5) is 0 Å². The molecule has 9 heavy (non-hydrogen) atoms. The van der Waals surface area contributed by atoms with Crippen molar-refractivity contribution in [1.82, 2.24) is 0 Å². The summed E-state index contributed by atoms with van der Waals surface area (Å²) >= 11 is 0. The maximum absolute atomic E-state index is 4.65. The van der Waals surface area contributed by atoms with Crippen LogP contribution in [0, 0.1) is 7.11 Å². The molecule has 0 rings (SSSR count). The van der Waals surface area contributed by atoms with Crippen LogP contribution in [-0.4, -0.2) is 6.61 Å². The van der Waals surface area contributed by atoms with Crippen LogP contribution in [0.1, 0.15) is 25.7 Å². The molecule has 0 bridgehead atoms. The van der Waals surface area contributed by atoms with E-state index in [0.29, 0.717) is 0 Å². The zero-order valence-corrected chi connectivity index (χ0v) is 5.94. The normalized spacial score (nSPS) is 9.44. The highest BCUT2D eigenvalue weighted by molar-refractivity contribution is 4.65. The largest absolute Gasteiger partial charge is 0.379 e. The van der Waals surface area contributed by atoms with Gasteiger partial charge in [0.25, 0.3) is 0 Å². The highest BCUT2D eigenvalue weighted by Crippen LogP contribution is 1.99. The maximum atomic E-state index is 4.65. The van der Waals surface area contributed by atoms with Gasteiger partial charge in [-0.25, -0.2) is 0 Å². The van der Waals surface area contributed by atoms with Crippen LogP contribution in [0.5, 0.6) is 0 Å². The van der Waals surface area contributed by atoms with Crippen LogP contribution in [-0.2, 0) is 4.74 Å². The van der Waals surface area contributed by atoms with Gasteiger partial charge in [-0.1, -0.05) is 12.5 Å². The topological polar surface area (TPSA) is 9.23 Å². The van der Waals surface area contributed by atoms with Crippen molar-refractivity contribution in [2.24, 2.45) is 0 Å². The molecule has 0 saturated carbocycles. The molecular formula is C8H15O. The molecule has 1 radical (unpaired) electrons. The minimum Gasteiger partial charge on any atom is -0.379 e. The Kier molecular flexibility index (Phi) is 7.44. The Morgan fingerprint density at radius 1 is 1.22 bits per heavy atom. The molecule has 0 aromatic heterocycles. The fourth-order valence-electron chi connectivity index (χ4n) is 0.670. The highest BCUT2D eigenvalue weighted by Gasteiger charge is 1.84. The summed E-state index contributed by atoms with van der Waals surface area (Å²) in [6.07, 6.45) is 6.65. The Bertz CT molecular complexity index is 59.6. The minimum absolute atomic E-state index is 0.789. The second kappa shape index (κ2) is 7.70. The zero-order valence-electron chi connectivity index (χ0n) is 5.94. The molecule has 0 fully saturated rings. The van der Waals surface area contributed by atoms with Crippen molar-refractivity contribution >= 4 is 0 Å². The standard InChI is InChI=1S/C8H15O/c1-3-4-5-6-7-8-9-2/h3H,1-2,4-8H2. The van der Waals surface area contributed by atoms with Crippen LogP contribution in [0.2, 0.25) is 0 Å². The molecule has 0 saturated heterocycles. The summed E-state index contributed by atoms with van der Waals surface area (Å²) < 4.78 is 4.65.